The smallest absolute Gasteiger partial charge is 0.326 e. The molecule has 1 N–H and O–H groups in total. The molecular formula is C11H17NO3S. The van der Waals surface area contributed by atoms with Crippen molar-refractivity contribution in [2.24, 2.45) is 0 Å². The van der Waals surface area contributed by atoms with Gasteiger partial charge in [-0.2, -0.15) is 0 Å². The average molecular weight is 243 g/mol. The topological polar surface area (TPSA) is 57.6 Å². The van der Waals surface area contributed by atoms with Gasteiger partial charge < -0.3 is 10.0 Å². The van der Waals surface area contributed by atoms with Crippen molar-refractivity contribution in [1.82, 2.24) is 4.90 Å². The molecule has 5 heteroatoms. The van der Waals surface area contributed by atoms with Crippen molar-refractivity contribution in [3.63, 3.8) is 0 Å². The van der Waals surface area contributed by atoms with Gasteiger partial charge in [0.25, 0.3) is 0 Å². The van der Waals surface area contributed by atoms with Crippen LogP contribution in [-0.4, -0.2) is 45.0 Å². The highest BCUT2D eigenvalue weighted by Gasteiger charge is 2.44. The van der Waals surface area contributed by atoms with Crippen LogP contribution in [0.25, 0.3) is 0 Å². The van der Waals surface area contributed by atoms with Gasteiger partial charge in [0.15, 0.2) is 0 Å². The van der Waals surface area contributed by atoms with Crippen molar-refractivity contribution in [2.45, 2.75) is 43.4 Å². The number of carbonyl (C=O) groups is 2. The van der Waals surface area contributed by atoms with E-state index in [4.69, 9.17) is 5.11 Å². The van der Waals surface area contributed by atoms with Gasteiger partial charge in [0.05, 0.1) is 4.75 Å². The van der Waals surface area contributed by atoms with Crippen molar-refractivity contribution in [1.29, 1.82) is 0 Å². The summed E-state index contributed by atoms with van der Waals surface area (Å²) >= 11 is 1.67. The number of amides is 1. The molecule has 0 spiro atoms. The molecule has 0 radical (unpaired) electrons. The summed E-state index contributed by atoms with van der Waals surface area (Å²) in [4.78, 5) is 24.9. The molecular weight excluding hydrogens is 226 g/mol. The molecule has 0 aromatic rings. The van der Waals surface area contributed by atoms with E-state index < -0.39 is 12.0 Å². The zero-order chi connectivity index (χ0) is 11.8. The van der Waals surface area contributed by atoms with Gasteiger partial charge in [-0.05, 0) is 38.4 Å². The Bertz CT molecular complexity index is 312. The zero-order valence-electron chi connectivity index (χ0n) is 9.44. The quantitative estimate of drug-likeness (QED) is 0.795. The van der Waals surface area contributed by atoms with Gasteiger partial charge in [0, 0.05) is 6.54 Å². The highest BCUT2D eigenvalue weighted by molar-refractivity contribution is 8.01. The lowest BCUT2D eigenvalue weighted by Gasteiger charge is -2.30. The Morgan fingerprint density at radius 3 is 2.75 bits per heavy atom. The third-order valence-electron chi connectivity index (χ3n) is 3.47. The third kappa shape index (κ3) is 1.93. The predicted molar refractivity (Wildman–Crippen MR) is 62.5 cm³/mol. The number of carboxylic acid groups (broad SMARTS) is 1. The van der Waals surface area contributed by atoms with Crippen molar-refractivity contribution >= 4 is 23.6 Å². The molecule has 2 fully saturated rings. The summed E-state index contributed by atoms with van der Waals surface area (Å²) in [5, 5.41) is 9.06. The standard InChI is InChI=1S/C11H17NO3S/c1-11(5-3-7-16-11)10(15)12-6-2-4-8(12)9(13)14/h8H,2-7H2,1H3,(H,13,14). The SMILES string of the molecule is CC1(C(=O)N2CCCC2C(=O)O)CCCS1. The lowest BCUT2D eigenvalue weighted by Crippen LogP contribution is -2.48. The van der Waals surface area contributed by atoms with Crippen LogP contribution in [0.3, 0.4) is 0 Å². The van der Waals surface area contributed by atoms with E-state index >= 15 is 0 Å². The number of carboxylic acids is 1. The maximum Gasteiger partial charge on any atom is 0.326 e. The maximum absolute atomic E-state index is 12.3. The summed E-state index contributed by atoms with van der Waals surface area (Å²) < 4.78 is -0.377. The first-order chi connectivity index (χ1) is 7.54. The number of rotatable bonds is 2. The highest BCUT2D eigenvalue weighted by atomic mass is 32.2. The molecule has 2 rings (SSSR count). The second-order valence-electron chi connectivity index (χ2n) is 4.68. The average Bonchev–Trinajstić information content (AvgIpc) is 2.85. The van der Waals surface area contributed by atoms with Crippen LogP contribution in [-0.2, 0) is 9.59 Å². The first kappa shape index (κ1) is 11.8. The fourth-order valence-electron chi connectivity index (χ4n) is 2.52. The second-order valence-corrected chi connectivity index (χ2v) is 6.28. The largest absolute Gasteiger partial charge is 0.480 e. The minimum Gasteiger partial charge on any atom is -0.480 e. The van der Waals surface area contributed by atoms with Gasteiger partial charge in [-0.15, -0.1) is 11.8 Å². The molecule has 2 aliphatic rings. The summed E-state index contributed by atoms with van der Waals surface area (Å²) in [7, 11) is 0. The van der Waals surface area contributed by atoms with Crippen molar-refractivity contribution in [3.8, 4) is 0 Å². The third-order valence-corrected chi connectivity index (χ3v) is 4.98. The zero-order valence-corrected chi connectivity index (χ0v) is 10.3. The molecule has 2 unspecified atom stereocenters. The lowest BCUT2D eigenvalue weighted by molar-refractivity contribution is -0.149. The van der Waals surface area contributed by atoms with Crippen LogP contribution in [0.5, 0.6) is 0 Å². The van der Waals surface area contributed by atoms with Gasteiger partial charge in [0.1, 0.15) is 6.04 Å². The Labute approximate surface area is 99.4 Å². The van der Waals surface area contributed by atoms with Crippen LogP contribution in [0.1, 0.15) is 32.6 Å². The predicted octanol–water partition coefficient (Wildman–Crippen LogP) is 1.35. The Hall–Kier alpha value is -0.710. The van der Waals surface area contributed by atoms with Crippen molar-refractivity contribution in [3.05, 3.63) is 0 Å². The van der Waals surface area contributed by atoms with Crippen LogP contribution in [0.15, 0.2) is 0 Å². The van der Waals surface area contributed by atoms with E-state index in [2.05, 4.69) is 0 Å². The molecule has 4 nitrogen and oxygen atoms in total. The van der Waals surface area contributed by atoms with E-state index in [0.29, 0.717) is 13.0 Å². The van der Waals surface area contributed by atoms with E-state index in [9.17, 15) is 9.59 Å². The van der Waals surface area contributed by atoms with Gasteiger partial charge in [-0.1, -0.05) is 0 Å². The number of thioether (sulfide) groups is 1. The summed E-state index contributed by atoms with van der Waals surface area (Å²) in [6.45, 7) is 2.55. The number of nitrogens with zero attached hydrogens (tertiary/aromatic N) is 1. The highest BCUT2D eigenvalue weighted by Crippen LogP contribution is 2.40. The molecule has 1 amide bonds. The van der Waals surface area contributed by atoms with E-state index in [1.54, 1.807) is 16.7 Å². The van der Waals surface area contributed by atoms with Crippen LogP contribution in [0.4, 0.5) is 0 Å². The van der Waals surface area contributed by atoms with Gasteiger partial charge >= 0.3 is 5.97 Å². The minimum absolute atomic E-state index is 0.0277. The molecule has 2 aliphatic heterocycles. The monoisotopic (exact) mass is 243 g/mol. The second kappa shape index (κ2) is 4.28. The molecule has 0 aromatic heterocycles. The van der Waals surface area contributed by atoms with Crippen LogP contribution in [0, 0.1) is 0 Å². The van der Waals surface area contributed by atoms with Crippen LogP contribution >= 0.6 is 11.8 Å². The fourth-order valence-corrected chi connectivity index (χ4v) is 3.79. The summed E-state index contributed by atoms with van der Waals surface area (Å²) in [5.74, 6) is 0.172. The van der Waals surface area contributed by atoms with E-state index in [-0.39, 0.29) is 10.7 Å². The van der Waals surface area contributed by atoms with E-state index in [1.165, 1.54) is 0 Å². The Kier molecular flexibility index (Phi) is 3.15. The summed E-state index contributed by atoms with van der Waals surface area (Å²) in [5.41, 5.74) is 0. The molecule has 0 aliphatic carbocycles. The lowest BCUT2D eigenvalue weighted by atomic mass is 10.0. The normalized spacial score (nSPS) is 34.3. The number of carbonyl (C=O) groups excluding carboxylic acids is 1. The summed E-state index contributed by atoms with van der Waals surface area (Å²) in [6, 6.07) is -0.592. The maximum atomic E-state index is 12.3. The van der Waals surface area contributed by atoms with Gasteiger partial charge in [0.2, 0.25) is 5.91 Å². The summed E-state index contributed by atoms with van der Waals surface area (Å²) in [6.07, 6.45) is 3.34. The molecule has 2 saturated heterocycles. The van der Waals surface area contributed by atoms with Crippen molar-refractivity contribution < 1.29 is 14.7 Å². The molecule has 0 saturated carbocycles. The minimum atomic E-state index is -0.863. The molecule has 2 heterocycles. The molecule has 2 atom stereocenters. The first-order valence-electron chi connectivity index (χ1n) is 5.72. The first-order valence-corrected chi connectivity index (χ1v) is 6.71. The van der Waals surface area contributed by atoms with Crippen molar-refractivity contribution in [2.75, 3.05) is 12.3 Å². The van der Waals surface area contributed by atoms with Gasteiger partial charge in [-0.25, -0.2) is 4.79 Å². The Balaban J connectivity index is 2.12. The molecule has 0 aromatic carbocycles. The molecule has 16 heavy (non-hydrogen) atoms. The Morgan fingerprint density at radius 2 is 2.19 bits per heavy atom. The fraction of sp³-hybridized carbons (Fsp3) is 0.818. The van der Waals surface area contributed by atoms with Gasteiger partial charge in [-0.3, -0.25) is 4.79 Å². The van der Waals surface area contributed by atoms with Crippen LogP contribution < -0.4 is 0 Å². The Morgan fingerprint density at radius 1 is 1.44 bits per heavy atom. The number of hydrogen-bond donors (Lipinski definition) is 1. The van der Waals surface area contributed by atoms with E-state index in [1.807, 2.05) is 6.92 Å². The molecule has 0 bridgehead atoms. The molecule has 90 valence electrons. The number of likely N-dealkylation sites (tertiary alicyclic amines) is 1. The number of hydrogen-bond acceptors (Lipinski definition) is 3. The van der Waals surface area contributed by atoms with E-state index in [0.717, 1.165) is 25.0 Å². The van der Waals surface area contributed by atoms with Crippen LogP contribution in [0.2, 0.25) is 0 Å². The number of aliphatic carboxylic acids is 1.